The normalized spacial score (nSPS) is 16.3. The van der Waals surface area contributed by atoms with Gasteiger partial charge >= 0.3 is 17.9 Å². The van der Waals surface area contributed by atoms with Crippen LogP contribution in [0, 0.1) is 11.8 Å². The number of hydrogen-bond donors (Lipinski definition) is 12. The number of esters is 1. The van der Waals surface area contributed by atoms with Crippen molar-refractivity contribution in [3.05, 3.63) is 12.2 Å². The maximum Gasteiger partial charge on any atom is 0.330 e. The Balaban J connectivity index is 3.44. The van der Waals surface area contributed by atoms with Crippen LogP contribution in [0.25, 0.3) is 0 Å². The zero-order valence-corrected chi connectivity index (χ0v) is 40.1. The van der Waals surface area contributed by atoms with Crippen LogP contribution >= 0.6 is 0 Å². The standard InChI is InChI=1S/C43H68N10O17/c1-21(2)18-28(43(68)69)50-40(65)30-11-9-17-53(30)42(67)29(20-54)51-41(66)35(22(3)4)52-38(63)25(13-15-31(44)56)48-37(62)26(14-16-33(58)59)49-36(61)24(10-7-8-12-34(60)70-6)47-39(64)27(19-32(45)57)46-23(5)55/h8,12,21-22,24-30,35,54H,7,9-11,13-20H2,1-6H3,(H2,44,56)(H2,45,57)(H,46,55)(H,47,64)(H,48,62)(H,49,61)(H,50,65)(H,51,66)(H,52,63)(H,58,59)(H,68,69)/b12-8+/t24?,25?,26?,27?,28?,29?,30-,35?/m0/s1. The summed E-state index contributed by atoms with van der Waals surface area (Å²) in [5, 5.41) is 45.8. The van der Waals surface area contributed by atoms with Crippen LogP contribution in [0.4, 0.5) is 0 Å². The molecule has 0 radical (unpaired) electrons. The van der Waals surface area contributed by atoms with Crippen LogP contribution in [0.1, 0.15) is 98.8 Å². The number of carboxylic acid groups (broad SMARTS) is 2. The Morgan fingerprint density at radius 2 is 1.20 bits per heavy atom. The number of nitrogens with zero attached hydrogens (tertiary/aromatic N) is 1. The maximum absolute atomic E-state index is 13.9. The van der Waals surface area contributed by atoms with E-state index in [4.69, 9.17) is 11.5 Å². The third-order valence-electron chi connectivity index (χ3n) is 10.6. The lowest BCUT2D eigenvalue weighted by Gasteiger charge is -2.31. The zero-order valence-electron chi connectivity index (χ0n) is 40.1. The molecule has 8 atom stereocenters. The Morgan fingerprint density at radius 3 is 1.67 bits per heavy atom. The monoisotopic (exact) mass is 996 g/mol. The number of amides is 10. The molecule has 0 saturated carbocycles. The molecule has 0 aliphatic carbocycles. The zero-order chi connectivity index (χ0) is 53.4. The van der Waals surface area contributed by atoms with E-state index in [0.29, 0.717) is 6.42 Å². The molecule has 0 bridgehead atoms. The number of aliphatic carboxylic acids is 2. The second-order valence-corrected chi connectivity index (χ2v) is 17.2. The number of carbonyl (C=O) groups excluding carboxylic acids is 11. The molecule has 1 heterocycles. The summed E-state index contributed by atoms with van der Waals surface area (Å²) in [5.41, 5.74) is 10.6. The molecule has 14 N–H and O–H groups in total. The Hall–Kier alpha value is -7.19. The number of carboxylic acids is 2. The molecule has 1 aliphatic rings. The molecular formula is C43H68N10O17. The number of nitrogens with one attached hydrogen (secondary N) is 7. The van der Waals surface area contributed by atoms with E-state index in [1.54, 1.807) is 13.8 Å². The van der Waals surface area contributed by atoms with Crippen LogP contribution in [0.15, 0.2) is 12.2 Å². The van der Waals surface area contributed by atoms with Gasteiger partial charge in [0.15, 0.2) is 0 Å². The first-order valence-corrected chi connectivity index (χ1v) is 22.5. The van der Waals surface area contributed by atoms with Gasteiger partial charge in [-0.3, -0.25) is 52.7 Å². The Labute approximate surface area is 403 Å². The van der Waals surface area contributed by atoms with Crippen molar-refractivity contribution in [2.45, 2.75) is 147 Å². The van der Waals surface area contributed by atoms with E-state index in [0.717, 1.165) is 25.0 Å². The molecule has 0 aromatic rings. The van der Waals surface area contributed by atoms with E-state index in [-0.39, 0.29) is 38.1 Å². The van der Waals surface area contributed by atoms with Crippen molar-refractivity contribution in [2.75, 3.05) is 20.3 Å². The van der Waals surface area contributed by atoms with E-state index in [1.165, 1.54) is 19.9 Å². The minimum atomic E-state index is -1.77. The quantitative estimate of drug-likeness (QED) is 0.0231. The number of aliphatic hydroxyl groups excluding tert-OH is 1. The summed E-state index contributed by atoms with van der Waals surface area (Å²) in [6.45, 7) is 6.65. The molecule has 27 heteroatoms. The summed E-state index contributed by atoms with van der Waals surface area (Å²) in [4.78, 5) is 167. The lowest BCUT2D eigenvalue weighted by atomic mass is 10.0. The number of rotatable bonds is 31. The number of methoxy groups -OCH3 is 1. The third-order valence-corrected chi connectivity index (χ3v) is 10.6. The van der Waals surface area contributed by atoms with Crippen molar-refractivity contribution >= 4 is 77.0 Å². The number of aliphatic hydroxyl groups is 1. The van der Waals surface area contributed by atoms with Crippen LogP contribution in [-0.4, -0.2) is 166 Å². The van der Waals surface area contributed by atoms with Crippen LogP contribution in [0.3, 0.4) is 0 Å². The first-order valence-electron chi connectivity index (χ1n) is 22.5. The fourth-order valence-electron chi connectivity index (χ4n) is 7.04. The van der Waals surface area contributed by atoms with Gasteiger partial charge in [0.2, 0.25) is 59.1 Å². The van der Waals surface area contributed by atoms with Gasteiger partial charge in [-0.15, -0.1) is 0 Å². The third kappa shape index (κ3) is 21.8. The highest BCUT2D eigenvalue weighted by Gasteiger charge is 2.40. The van der Waals surface area contributed by atoms with E-state index < -0.39 is 170 Å². The van der Waals surface area contributed by atoms with Gasteiger partial charge in [-0.1, -0.05) is 33.8 Å². The summed E-state index contributed by atoms with van der Waals surface area (Å²) in [6, 6.07) is -12.1. The first kappa shape index (κ1) is 60.8. The molecule has 70 heavy (non-hydrogen) atoms. The van der Waals surface area contributed by atoms with E-state index in [2.05, 4.69) is 42.0 Å². The van der Waals surface area contributed by atoms with Gasteiger partial charge in [0.25, 0.3) is 0 Å². The molecule has 0 aromatic carbocycles. The summed E-state index contributed by atoms with van der Waals surface area (Å²) < 4.78 is 4.53. The van der Waals surface area contributed by atoms with Gasteiger partial charge < -0.3 is 73.6 Å². The van der Waals surface area contributed by atoms with Crippen LogP contribution in [0.2, 0.25) is 0 Å². The van der Waals surface area contributed by atoms with Crippen LogP contribution in [-0.2, 0) is 67.1 Å². The second kappa shape index (κ2) is 30.3. The summed E-state index contributed by atoms with van der Waals surface area (Å²) in [6.07, 6.45) is -0.498. The van der Waals surface area contributed by atoms with E-state index >= 15 is 0 Å². The molecule has 392 valence electrons. The van der Waals surface area contributed by atoms with Crippen molar-refractivity contribution < 1.29 is 82.4 Å². The Morgan fingerprint density at radius 1 is 0.671 bits per heavy atom. The molecule has 7 unspecified atom stereocenters. The second-order valence-electron chi connectivity index (χ2n) is 17.2. The first-order chi connectivity index (χ1) is 32.7. The minimum absolute atomic E-state index is 0.0322. The highest BCUT2D eigenvalue weighted by Crippen LogP contribution is 2.20. The number of nitrogens with two attached hydrogens (primary N) is 2. The van der Waals surface area contributed by atoms with Crippen LogP contribution < -0.4 is 48.7 Å². The SMILES string of the molecule is COC(=O)/C=C/CCC(NC(=O)C(CC(N)=O)NC(C)=O)C(=O)NC(CCC(=O)O)C(=O)NC(CCC(N)=O)C(=O)NC(C(=O)NC(CO)C(=O)N1CCC[C@H]1C(=O)NC(CC(C)C)C(=O)O)C(C)C. The molecule has 27 nitrogen and oxygen atoms in total. The maximum atomic E-state index is 13.9. The van der Waals surface area contributed by atoms with Gasteiger partial charge in [-0.25, -0.2) is 9.59 Å². The summed E-state index contributed by atoms with van der Waals surface area (Å²) >= 11 is 0. The number of likely N-dealkylation sites (tertiary alicyclic amines) is 1. The average molecular weight is 997 g/mol. The molecular weight excluding hydrogens is 929 g/mol. The molecule has 1 aliphatic heterocycles. The lowest BCUT2D eigenvalue weighted by molar-refractivity contribution is -0.145. The number of hydrogen-bond acceptors (Lipinski definition) is 15. The molecule has 1 fully saturated rings. The Bertz CT molecular complexity index is 1940. The van der Waals surface area contributed by atoms with E-state index in [9.17, 15) is 77.6 Å². The molecule has 0 aromatic heterocycles. The van der Waals surface area contributed by atoms with Crippen molar-refractivity contribution in [3.63, 3.8) is 0 Å². The highest BCUT2D eigenvalue weighted by atomic mass is 16.5. The van der Waals surface area contributed by atoms with Crippen LogP contribution in [0.5, 0.6) is 0 Å². The van der Waals surface area contributed by atoms with Gasteiger partial charge in [-0.2, -0.15) is 0 Å². The number of allylic oxidation sites excluding steroid dienone is 1. The highest BCUT2D eigenvalue weighted by molar-refractivity contribution is 5.99. The van der Waals surface area contributed by atoms with Crippen molar-refractivity contribution in [1.29, 1.82) is 0 Å². The Kier molecular flexibility index (Phi) is 26.4. The van der Waals surface area contributed by atoms with Crippen molar-refractivity contribution in [1.82, 2.24) is 42.1 Å². The molecule has 1 rings (SSSR count). The fraction of sp³-hybridized carbons (Fsp3) is 0.651. The largest absolute Gasteiger partial charge is 0.481 e. The van der Waals surface area contributed by atoms with Gasteiger partial charge in [0.1, 0.15) is 48.3 Å². The molecule has 10 amide bonds. The average Bonchev–Trinajstić information content (AvgIpc) is 3.77. The van der Waals surface area contributed by atoms with Crippen molar-refractivity contribution in [3.8, 4) is 0 Å². The number of primary amides is 2. The summed E-state index contributed by atoms with van der Waals surface area (Å²) in [5.74, 6) is -14.0. The summed E-state index contributed by atoms with van der Waals surface area (Å²) in [7, 11) is 1.11. The predicted octanol–water partition coefficient (Wildman–Crippen LogP) is -4.32. The lowest BCUT2D eigenvalue weighted by Crippen LogP contribution is -2.61. The van der Waals surface area contributed by atoms with Gasteiger partial charge in [-0.05, 0) is 56.8 Å². The minimum Gasteiger partial charge on any atom is -0.481 e. The topological polar surface area (TPSA) is 431 Å². The number of ether oxygens (including phenoxy) is 1. The van der Waals surface area contributed by atoms with Crippen molar-refractivity contribution in [2.24, 2.45) is 23.3 Å². The number of carbonyl (C=O) groups is 13. The van der Waals surface area contributed by atoms with Gasteiger partial charge in [0, 0.05) is 32.4 Å². The molecule has 0 spiro atoms. The predicted molar refractivity (Wildman–Crippen MR) is 242 cm³/mol. The fourth-order valence-corrected chi connectivity index (χ4v) is 7.04. The molecule has 1 saturated heterocycles. The van der Waals surface area contributed by atoms with E-state index in [1.807, 2.05) is 0 Å². The smallest absolute Gasteiger partial charge is 0.330 e. The van der Waals surface area contributed by atoms with Gasteiger partial charge in [0.05, 0.1) is 20.1 Å².